The number of thioether (sulfide) groups is 1. The number of nitrogens with one attached hydrogen (secondary N) is 2. The van der Waals surface area contributed by atoms with Gasteiger partial charge in [0.25, 0.3) is 0 Å². The van der Waals surface area contributed by atoms with Crippen LogP contribution in [-0.2, 0) is 6.42 Å². The summed E-state index contributed by atoms with van der Waals surface area (Å²) in [5, 5.41) is 11.2. The molecular formula is C19H29FIN5S. The Labute approximate surface area is 182 Å². The number of hydrogen-bond donors (Lipinski definition) is 2. The summed E-state index contributed by atoms with van der Waals surface area (Å²) in [4.78, 5) is 4.66. The first-order valence-electron chi connectivity index (χ1n) is 8.81. The van der Waals surface area contributed by atoms with Crippen molar-refractivity contribution in [2.24, 2.45) is 4.99 Å². The van der Waals surface area contributed by atoms with E-state index in [2.05, 4.69) is 47.8 Å². The average molecular weight is 505 g/mol. The van der Waals surface area contributed by atoms with Crippen LogP contribution < -0.4 is 10.6 Å². The van der Waals surface area contributed by atoms with Crippen LogP contribution in [0.25, 0.3) is 5.69 Å². The third kappa shape index (κ3) is 8.08. The molecule has 0 amide bonds. The minimum atomic E-state index is -0.245. The normalized spacial score (nSPS) is 11.8. The second-order valence-electron chi connectivity index (χ2n) is 6.56. The van der Waals surface area contributed by atoms with Crippen LogP contribution in [0.4, 0.5) is 4.39 Å². The molecule has 0 aliphatic rings. The van der Waals surface area contributed by atoms with Crippen LogP contribution in [0.1, 0.15) is 26.5 Å². The summed E-state index contributed by atoms with van der Waals surface area (Å²) < 4.78 is 14.9. The summed E-state index contributed by atoms with van der Waals surface area (Å²) in [6, 6.07) is 8.29. The molecule has 27 heavy (non-hydrogen) atoms. The van der Waals surface area contributed by atoms with E-state index >= 15 is 0 Å². The van der Waals surface area contributed by atoms with Gasteiger partial charge in [0.1, 0.15) is 5.82 Å². The minimum absolute atomic E-state index is 0. The predicted molar refractivity (Wildman–Crippen MR) is 124 cm³/mol. The van der Waals surface area contributed by atoms with Gasteiger partial charge in [0.2, 0.25) is 0 Å². The molecular weight excluding hydrogens is 476 g/mol. The SMILES string of the molecule is CCNC(=NCC(C)(C)SC)NCCc1ccn(-c2ccc(F)cc2)n1.I. The lowest BCUT2D eigenvalue weighted by molar-refractivity contribution is 0.627. The molecule has 0 unspecified atom stereocenters. The zero-order valence-corrected chi connectivity index (χ0v) is 19.5. The Morgan fingerprint density at radius 1 is 1.22 bits per heavy atom. The van der Waals surface area contributed by atoms with E-state index in [1.165, 1.54) is 12.1 Å². The van der Waals surface area contributed by atoms with E-state index < -0.39 is 0 Å². The van der Waals surface area contributed by atoms with Crippen LogP contribution in [-0.4, -0.2) is 46.4 Å². The Hall–Kier alpha value is -1.29. The summed E-state index contributed by atoms with van der Waals surface area (Å²) in [6.07, 6.45) is 4.78. The summed E-state index contributed by atoms with van der Waals surface area (Å²) in [5.74, 6) is 0.581. The highest BCUT2D eigenvalue weighted by Crippen LogP contribution is 2.20. The smallest absolute Gasteiger partial charge is 0.191 e. The Morgan fingerprint density at radius 3 is 2.56 bits per heavy atom. The number of aliphatic imine (C=N–C) groups is 1. The van der Waals surface area contributed by atoms with Crippen molar-refractivity contribution < 1.29 is 4.39 Å². The summed E-state index contributed by atoms with van der Waals surface area (Å²) in [6.45, 7) is 8.75. The molecule has 2 N–H and O–H groups in total. The number of aromatic nitrogens is 2. The largest absolute Gasteiger partial charge is 0.357 e. The average Bonchev–Trinajstić information content (AvgIpc) is 3.09. The fourth-order valence-electron chi connectivity index (χ4n) is 2.22. The fraction of sp³-hybridized carbons (Fsp3) is 0.474. The van der Waals surface area contributed by atoms with Gasteiger partial charge >= 0.3 is 0 Å². The van der Waals surface area contributed by atoms with Gasteiger partial charge in [0.15, 0.2) is 5.96 Å². The van der Waals surface area contributed by atoms with E-state index in [4.69, 9.17) is 0 Å². The van der Waals surface area contributed by atoms with Gasteiger partial charge < -0.3 is 10.6 Å². The number of guanidine groups is 1. The van der Waals surface area contributed by atoms with Crippen LogP contribution in [0, 0.1) is 5.82 Å². The fourth-order valence-corrected chi connectivity index (χ4v) is 2.41. The van der Waals surface area contributed by atoms with Crippen molar-refractivity contribution in [2.75, 3.05) is 25.9 Å². The topological polar surface area (TPSA) is 54.2 Å². The van der Waals surface area contributed by atoms with Crippen LogP contribution in [0.15, 0.2) is 41.5 Å². The van der Waals surface area contributed by atoms with E-state index in [1.54, 1.807) is 16.8 Å². The summed E-state index contributed by atoms with van der Waals surface area (Å²) >= 11 is 1.81. The van der Waals surface area contributed by atoms with Gasteiger partial charge in [-0.25, -0.2) is 9.07 Å². The molecule has 0 radical (unpaired) electrons. The van der Waals surface area contributed by atoms with Crippen LogP contribution >= 0.6 is 35.7 Å². The van der Waals surface area contributed by atoms with Gasteiger partial charge in [-0.2, -0.15) is 16.9 Å². The monoisotopic (exact) mass is 505 g/mol. The second-order valence-corrected chi connectivity index (χ2v) is 8.08. The number of rotatable bonds is 8. The maximum absolute atomic E-state index is 13.0. The molecule has 8 heteroatoms. The van der Waals surface area contributed by atoms with Gasteiger partial charge in [-0.05, 0) is 57.4 Å². The van der Waals surface area contributed by atoms with E-state index in [1.807, 2.05) is 24.0 Å². The van der Waals surface area contributed by atoms with Crippen LogP contribution in [0.5, 0.6) is 0 Å². The maximum atomic E-state index is 13.0. The maximum Gasteiger partial charge on any atom is 0.191 e. The van der Waals surface area contributed by atoms with Crippen molar-refractivity contribution in [3.8, 4) is 5.69 Å². The van der Waals surface area contributed by atoms with Crippen molar-refractivity contribution in [3.63, 3.8) is 0 Å². The van der Waals surface area contributed by atoms with Gasteiger partial charge in [-0.1, -0.05) is 0 Å². The van der Waals surface area contributed by atoms with Crippen molar-refractivity contribution in [1.82, 2.24) is 20.4 Å². The molecule has 1 aromatic carbocycles. The third-order valence-corrected chi connectivity index (χ3v) is 5.16. The molecule has 0 aliphatic carbocycles. The molecule has 2 aromatic rings. The molecule has 5 nitrogen and oxygen atoms in total. The Balaban J connectivity index is 0.00000364. The molecule has 0 bridgehead atoms. The molecule has 0 aliphatic heterocycles. The van der Waals surface area contributed by atoms with Gasteiger partial charge in [-0.3, -0.25) is 4.99 Å². The lowest BCUT2D eigenvalue weighted by Gasteiger charge is -2.20. The van der Waals surface area contributed by atoms with E-state index in [-0.39, 0.29) is 34.5 Å². The lowest BCUT2D eigenvalue weighted by atomic mass is 10.2. The first-order valence-corrected chi connectivity index (χ1v) is 10.0. The first-order chi connectivity index (χ1) is 12.4. The van der Waals surface area contributed by atoms with Crippen molar-refractivity contribution in [2.45, 2.75) is 31.9 Å². The molecule has 2 rings (SSSR count). The Morgan fingerprint density at radius 2 is 1.93 bits per heavy atom. The van der Waals surface area contributed by atoms with Gasteiger partial charge in [0.05, 0.1) is 17.9 Å². The Kier molecular flexibility index (Phi) is 10.1. The summed E-state index contributed by atoms with van der Waals surface area (Å²) in [7, 11) is 0. The molecule has 1 aromatic heterocycles. The predicted octanol–water partition coefficient (Wildman–Crippen LogP) is 3.87. The van der Waals surface area contributed by atoms with E-state index in [0.717, 1.165) is 43.4 Å². The minimum Gasteiger partial charge on any atom is -0.357 e. The van der Waals surface area contributed by atoms with Gasteiger partial charge in [0, 0.05) is 30.5 Å². The molecule has 0 saturated heterocycles. The number of nitrogens with zero attached hydrogens (tertiary/aromatic N) is 3. The quantitative estimate of drug-likeness (QED) is 0.325. The lowest BCUT2D eigenvalue weighted by Crippen LogP contribution is -2.39. The number of benzene rings is 1. The molecule has 150 valence electrons. The number of halogens is 2. The molecule has 0 saturated carbocycles. The highest BCUT2D eigenvalue weighted by Gasteiger charge is 2.15. The summed E-state index contributed by atoms with van der Waals surface area (Å²) in [5.41, 5.74) is 1.82. The van der Waals surface area contributed by atoms with E-state index in [9.17, 15) is 4.39 Å². The third-order valence-electron chi connectivity index (χ3n) is 3.92. The molecule has 0 fully saturated rings. The van der Waals surface area contributed by atoms with Crippen molar-refractivity contribution in [1.29, 1.82) is 0 Å². The molecule has 1 heterocycles. The molecule has 0 atom stereocenters. The van der Waals surface area contributed by atoms with Crippen molar-refractivity contribution >= 4 is 41.7 Å². The number of hydrogen-bond acceptors (Lipinski definition) is 3. The van der Waals surface area contributed by atoms with Crippen LogP contribution in [0.3, 0.4) is 0 Å². The van der Waals surface area contributed by atoms with Gasteiger partial charge in [-0.15, -0.1) is 24.0 Å². The molecule has 0 spiro atoms. The standard InChI is InChI=1S/C19H28FN5S.HI/c1-5-21-18(23-14-19(2,3)26-4)22-12-10-16-11-13-25(24-16)17-8-6-15(20)7-9-17;/h6-9,11,13H,5,10,12,14H2,1-4H3,(H2,21,22,23);1H. The first kappa shape index (κ1) is 23.7. The highest BCUT2D eigenvalue weighted by atomic mass is 127. The Bertz CT molecular complexity index is 715. The zero-order chi connectivity index (χ0) is 19.0. The highest BCUT2D eigenvalue weighted by molar-refractivity contribution is 14.0. The zero-order valence-electron chi connectivity index (χ0n) is 16.3. The van der Waals surface area contributed by atoms with Crippen LogP contribution in [0.2, 0.25) is 0 Å². The van der Waals surface area contributed by atoms with E-state index in [0.29, 0.717) is 0 Å². The second kappa shape index (κ2) is 11.5. The van der Waals surface area contributed by atoms with Crippen molar-refractivity contribution in [3.05, 3.63) is 48.0 Å².